The minimum atomic E-state index is -4.26. The molecule has 49 heavy (non-hydrogen) atoms. The van der Waals surface area contributed by atoms with Gasteiger partial charge in [0, 0.05) is 33.4 Å². The lowest BCUT2D eigenvalue weighted by molar-refractivity contribution is -0.140. The molecule has 4 rings (SSSR count). The number of thioether (sulfide) groups is 1. The van der Waals surface area contributed by atoms with Crippen molar-refractivity contribution < 1.29 is 22.7 Å². The Morgan fingerprint density at radius 3 is 2.14 bits per heavy atom. The molecule has 0 unspecified atom stereocenters. The molecule has 8 nitrogen and oxygen atoms in total. The first-order chi connectivity index (χ1) is 23.2. The van der Waals surface area contributed by atoms with Gasteiger partial charge in [0.25, 0.3) is 10.0 Å². The Kier molecular flexibility index (Phi) is 13.1. The minimum Gasteiger partial charge on any atom is -0.494 e. The number of rotatable bonds is 14. The molecule has 0 aromatic heterocycles. The van der Waals surface area contributed by atoms with Gasteiger partial charge in [0.2, 0.25) is 11.8 Å². The van der Waals surface area contributed by atoms with Crippen molar-refractivity contribution in [2.75, 3.05) is 23.7 Å². The number of hydrogen-bond acceptors (Lipinski definition) is 6. The molecule has 0 aliphatic carbocycles. The van der Waals surface area contributed by atoms with Crippen LogP contribution < -0.4 is 14.4 Å². The normalized spacial score (nSPS) is 12.2. The van der Waals surface area contributed by atoms with Gasteiger partial charge in [-0.3, -0.25) is 13.9 Å². The van der Waals surface area contributed by atoms with Gasteiger partial charge in [-0.1, -0.05) is 59.6 Å². The second-order valence-corrected chi connectivity index (χ2v) is 15.9. The van der Waals surface area contributed by atoms with Crippen LogP contribution in [0.25, 0.3) is 0 Å². The predicted octanol–water partition coefficient (Wildman–Crippen LogP) is 7.86. The maximum atomic E-state index is 14.7. The smallest absolute Gasteiger partial charge is 0.264 e. The topological polar surface area (TPSA) is 96.0 Å². The number of benzene rings is 4. The minimum absolute atomic E-state index is 0.0191. The van der Waals surface area contributed by atoms with Gasteiger partial charge < -0.3 is 15.0 Å². The second-order valence-electron chi connectivity index (χ2n) is 12.3. The molecule has 0 saturated carbocycles. The van der Waals surface area contributed by atoms with Gasteiger partial charge in [-0.15, -0.1) is 11.8 Å². The first-order valence-corrected chi connectivity index (χ1v) is 19.1. The van der Waals surface area contributed by atoms with E-state index in [1.807, 2.05) is 64.3 Å². The van der Waals surface area contributed by atoms with Gasteiger partial charge in [-0.2, -0.15) is 0 Å². The van der Waals surface area contributed by atoms with Crippen molar-refractivity contribution in [2.45, 2.75) is 62.0 Å². The van der Waals surface area contributed by atoms with Crippen molar-refractivity contribution in [3.8, 4) is 5.75 Å². The summed E-state index contributed by atoms with van der Waals surface area (Å²) in [5.74, 6) is -0.438. The fourth-order valence-corrected chi connectivity index (χ4v) is 7.41. The van der Waals surface area contributed by atoms with Crippen LogP contribution in [-0.4, -0.2) is 56.1 Å². The first-order valence-electron chi connectivity index (χ1n) is 15.7. The molecule has 2 amide bonds. The van der Waals surface area contributed by atoms with Crippen LogP contribution >= 0.6 is 35.0 Å². The van der Waals surface area contributed by atoms with Crippen LogP contribution in [0.2, 0.25) is 10.0 Å². The van der Waals surface area contributed by atoms with Gasteiger partial charge in [0.1, 0.15) is 18.3 Å². The Balaban J connectivity index is 1.84. The third-order valence-electron chi connectivity index (χ3n) is 7.49. The van der Waals surface area contributed by atoms with E-state index in [4.69, 9.17) is 27.9 Å². The van der Waals surface area contributed by atoms with E-state index in [1.165, 1.54) is 28.8 Å². The van der Waals surface area contributed by atoms with Crippen molar-refractivity contribution in [1.29, 1.82) is 0 Å². The molecule has 0 bridgehead atoms. The first kappa shape index (κ1) is 38.1. The average molecular weight is 743 g/mol. The van der Waals surface area contributed by atoms with Crippen molar-refractivity contribution in [2.24, 2.45) is 0 Å². The fourth-order valence-electron chi connectivity index (χ4n) is 5.12. The van der Waals surface area contributed by atoms with E-state index >= 15 is 0 Å². The fraction of sp³-hybridized carbons (Fsp3) is 0.297. The molecule has 0 saturated heterocycles. The molecule has 260 valence electrons. The summed E-state index contributed by atoms with van der Waals surface area (Å²) in [6, 6.07) is 26.2. The Morgan fingerprint density at radius 1 is 0.918 bits per heavy atom. The molecule has 4 aromatic rings. The standard InChI is InChI=1S/C37H41Cl2N3O5S2/c1-6-47-30-16-14-29(15-17-30)42(49(45,46)32-20-18-31(48-5)19-21-32)25-35(43)41(24-27-12-13-28(38)23-33(27)39)34(36(44)40-37(2,3)4)22-26-10-8-7-9-11-26/h7-21,23,34H,6,22,24-25H2,1-5H3,(H,40,44)/t34-/m1/s1. The van der Waals surface area contributed by atoms with Gasteiger partial charge >= 0.3 is 0 Å². The lowest BCUT2D eigenvalue weighted by Gasteiger charge is -2.35. The predicted molar refractivity (Wildman–Crippen MR) is 199 cm³/mol. The molecule has 0 aliphatic rings. The summed E-state index contributed by atoms with van der Waals surface area (Å²) in [6.07, 6.45) is 2.07. The van der Waals surface area contributed by atoms with Crippen molar-refractivity contribution in [3.63, 3.8) is 0 Å². The number of carbonyl (C=O) groups is 2. The van der Waals surface area contributed by atoms with E-state index < -0.39 is 40.0 Å². The van der Waals surface area contributed by atoms with Crippen LogP contribution in [-0.2, 0) is 32.6 Å². The van der Waals surface area contributed by atoms with Crippen molar-refractivity contribution in [1.82, 2.24) is 10.2 Å². The number of anilines is 1. The molecule has 1 N–H and O–H groups in total. The van der Waals surface area contributed by atoms with E-state index in [9.17, 15) is 18.0 Å². The van der Waals surface area contributed by atoms with Gasteiger partial charge in [-0.05, 0) is 106 Å². The molecule has 4 aromatic carbocycles. The number of sulfonamides is 1. The maximum absolute atomic E-state index is 14.7. The summed E-state index contributed by atoms with van der Waals surface area (Å²) < 4.78 is 35.3. The monoisotopic (exact) mass is 741 g/mol. The zero-order chi connectivity index (χ0) is 35.8. The molecule has 0 aliphatic heterocycles. The maximum Gasteiger partial charge on any atom is 0.264 e. The summed E-state index contributed by atoms with van der Waals surface area (Å²) in [6.45, 7) is 7.18. The molecule has 0 fully saturated rings. The largest absolute Gasteiger partial charge is 0.494 e. The number of hydrogen-bond donors (Lipinski definition) is 1. The number of carbonyl (C=O) groups excluding carboxylic acids is 2. The van der Waals surface area contributed by atoms with E-state index in [1.54, 1.807) is 54.6 Å². The Morgan fingerprint density at radius 2 is 1.57 bits per heavy atom. The summed E-state index contributed by atoms with van der Waals surface area (Å²) in [5.41, 5.74) is 1.01. The van der Waals surface area contributed by atoms with Crippen LogP contribution in [0.3, 0.4) is 0 Å². The van der Waals surface area contributed by atoms with Crippen molar-refractivity contribution in [3.05, 3.63) is 118 Å². The number of ether oxygens (including phenoxy) is 1. The zero-order valence-electron chi connectivity index (χ0n) is 28.2. The lowest BCUT2D eigenvalue weighted by Crippen LogP contribution is -2.56. The van der Waals surface area contributed by atoms with Crippen molar-refractivity contribution >= 4 is 62.5 Å². The van der Waals surface area contributed by atoms with E-state index in [0.29, 0.717) is 28.0 Å². The van der Waals surface area contributed by atoms with E-state index in [2.05, 4.69) is 5.32 Å². The molecule has 12 heteroatoms. The van der Waals surface area contributed by atoms with Crippen LogP contribution in [0.15, 0.2) is 107 Å². The number of halogens is 2. The molecule has 0 heterocycles. The van der Waals surface area contributed by atoms with Gasteiger partial charge in [-0.25, -0.2) is 8.42 Å². The zero-order valence-corrected chi connectivity index (χ0v) is 31.3. The van der Waals surface area contributed by atoms with Crippen LogP contribution in [0, 0.1) is 0 Å². The van der Waals surface area contributed by atoms with Gasteiger partial charge in [0.05, 0.1) is 17.2 Å². The molecular formula is C37H41Cl2N3O5S2. The molecule has 0 spiro atoms. The summed E-state index contributed by atoms with van der Waals surface area (Å²) in [7, 11) is -4.26. The highest BCUT2D eigenvalue weighted by Gasteiger charge is 2.36. The average Bonchev–Trinajstić information content (AvgIpc) is 3.06. The lowest BCUT2D eigenvalue weighted by atomic mass is 10.0. The van der Waals surface area contributed by atoms with Crippen LogP contribution in [0.4, 0.5) is 5.69 Å². The second kappa shape index (κ2) is 16.8. The van der Waals surface area contributed by atoms with Gasteiger partial charge in [0.15, 0.2) is 0 Å². The molecular weight excluding hydrogens is 701 g/mol. The molecule has 0 radical (unpaired) electrons. The van der Waals surface area contributed by atoms with Crippen LogP contribution in [0.1, 0.15) is 38.8 Å². The SMILES string of the molecule is CCOc1ccc(N(CC(=O)N(Cc2ccc(Cl)cc2Cl)[C@H](Cc2ccccc2)C(=O)NC(C)(C)C)S(=O)(=O)c2ccc(SC)cc2)cc1. The number of amides is 2. The van der Waals surface area contributed by atoms with E-state index in [-0.39, 0.29) is 23.5 Å². The van der Waals surface area contributed by atoms with Crippen LogP contribution in [0.5, 0.6) is 5.75 Å². The third-order valence-corrected chi connectivity index (χ3v) is 10.6. The number of nitrogens with one attached hydrogen (secondary N) is 1. The van der Waals surface area contributed by atoms with E-state index in [0.717, 1.165) is 14.8 Å². The Hall–Kier alpha value is -3.70. The summed E-state index contributed by atoms with van der Waals surface area (Å²) >= 11 is 14.3. The highest BCUT2D eigenvalue weighted by atomic mass is 35.5. The molecule has 1 atom stereocenters. The highest BCUT2D eigenvalue weighted by Crippen LogP contribution is 2.29. The third kappa shape index (κ3) is 10.4. The summed E-state index contributed by atoms with van der Waals surface area (Å²) in [5, 5.41) is 3.74. The quantitative estimate of drug-likeness (QED) is 0.132. The Bertz CT molecular complexity index is 1830. The number of nitrogens with zero attached hydrogens (tertiary/aromatic N) is 2. The Labute approximate surface area is 303 Å². The highest BCUT2D eigenvalue weighted by molar-refractivity contribution is 7.98. The summed E-state index contributed by atoms with van der Waals surface area (Å²) in [4.78, 5) is 31.1.